The van der Waals surface area contributed by atoms with E-state index in [2.05, 4.69) is 20.6 Å². The summed E-state index contributed by atoms with van der Waals surface area (Å²) in [5.74, 6) is 1.13. The summed E-state index contributed by atoms with van der Waals surface area (Å²) in [5, 5.41) is 6.84. The Morgan fingerprint density at radius 3 is 2.57 bits per heavy atom. The van der Waals surface area contributed by atoms with Crippen molar-refractivity contribution in [3.05, 3.63) is 66.2 Å². The molecule has 0 aliphatic heterocycles. The lowest BCUT2D eigenvalue weighted by Gasteiger charge is -2.23. The average molecular weight is 377 g/mol. The molecule has 3 aromatic rings. The second kappa shape index (κ2) is 8.78. The van der Waals surface area contributed by atoms with E-state index in [1.807, 2.05) is 18.2 Å². The zero-order valence-electron chi connectivity index (χ0n) is 15.7. The van der Waals surface area contributed by atoms with Crippen LogP contribution in [0.4, 0.5) is 16.2 Å². The van der Waals surface area contributed by atoms with Crippen molar-refractivity contribution in [1.29, 1.82) is 0 Å². The number of pyridine rings is 1. The molecule has 0 saturated heterocycles. The Kier molecular flexibility index (Phi) is 5.75. The van der Waals surface area contributed by atoms with E-state index >= 15 is 0 Å². The third-order valence-electron chi connectivity index (χ3n) is 5.01. The highest BCUT2D eigenvalue weighted by atomic mass is 19.1. The van der Waals surface area contributed by atoms with Gasteiger partial charge in [-0.15, -0.1) is 0 Å². The number of rotatable bonds is 6. The summed E-state index contributed by atoms with van der Waals surface area (Å²) in [6.45, 7) is 0.562. The molecule has 0 radical (unpaired) electrons. The van der Waals surface area contributed by atoms with Crippen LogP contribution in [-0.4, -0.2) is 21.0 Å². The lowest BCUT2D eigenvalue weighted by molar-refractivity contribution is 0.461. The second-order valence-electron chi connectivity index (χ2n) is 7.16. The van der Waals surface area contributed by atoms with E-state index < -0.39 is 0 Å². The number of halogens is 1. The Morgan fingerprint density at radius 1 is 1.00 bits per heavy atom. The van der Waals surface area contributed by atoms with Gasteiger partial charge in [-0.3, -0.25) is 4.98 Å². The van der Waals surface area contributed by atoms with Crippen LogP contribution in [0.5, 0.6) is 0 Å². The van der Waals surface area contributed by atoms with Crippen LogP contribution in [0.25, 0.3) is 11.3 Å². The van der Waals surface area contributed by atoms with Gasteiger partial charge in [0.1, 0.15) is 11.6 Å². The summed E-state index contributed by atoms with van der Waals surface area (Å²) in [4.78, 5) is 13.6. The van der Waals surface area contributed by atoms with Gasteiger partial charge in [0, 0.05) is 36.6 Å². The van der Waals surface area contributed by atoms with Crippen LogP contribution in [-0.2, 0) is 6.54 Å². The zero-order valence-corrected chi connectivity index (χ0v) is 15.7. The van der Waals surface area contributed by atoms with Crippen molar-refractivity contribution in [1.82, 2.24) is 15.0 Å². The van der Waals surface area contributed by atoms with Gasteiger partial charge >= 0.3 is 0 Å². The maximum absolute atomic E-state index is 13.1. The third-order valence-corrected chi connectivity index (χ3v) is 5.01. The molecule has 1 aliphatic carbocycles. The molecule has 0 amide bonds. The van der Waals surface area contributed by atoms with E-state index in [0.717, 1.165) is 35.5 Å². The van der Waals surface area contributed by atoms with Gasteiger partial charge in [0.25, 0.3) is 0 Å². The van der Waals surface area contributed by atoms with Gasteiger partial charge in [-0.25, -0.2) is 9.37 Å². The molecule has 0 bridgehead atoms. The van der Waals surface area contributed by atoms with E-state index in [9.17, 15) is 4.39 Å². The van der Waals surface area contributed by atoms with Crippen molar-refractivity contribution in [2.45, 2.75) is 44.7 Å². The SMILES string of the molecule is Fc1ccc(CNc2cc(-c3cccnc3)nc(NC3CCCCC3)n2)cc1. The van der Waals surface area contributed by atoms with Gasteiger partial charge in [0.05, 0.1) is 5.69 Å². The van der Waals surface area contributed by atoms with Gasteiger partial charge in [0.15, 0.2) is 0 Å². The molecule has 2 aromatic heterocycles. The van der Waals surface area contributed by atoms with Crippen LogP contribution in [0.3, 0.4) is 0 Å². The van der Waals surface area contributed by atoms with Crippen LogP contribution in [0.2, 0.25) is 0 Å². The fraction of sp³-hybridized carbons (Fsp3) is 0.318. The Morgan fingerprint density at radius 2 is 1.82 bits per heavy atom. The van der Waals surface area contributed by atoms with E-state index in [0.29, 0.717) is 18.5 Å². The Bertz CT molecular complexity index is 893. The van der Waals surface area contributed by atoms with Crippen molar-refractivity contribution in [2.24, 2.45) is 0 Å². The summed E-state index contributed by atoms with van der Waals surface area (Å²) in [7, 11) is 0. The highest BCUT2D eigenvalue weighted by molar-refractivity contribution is 5.63. The lowest BCUT2D eigenvalue weighted by Crippen LogP contribution is -2.23. The minimum atomic E-state index is -0.233. The summed E-state index contributed by atoms with van der Waals surface area (Å²) in [6, 6.07) is 12.7. The molecule has 5 nitrogen and oxygen atoms in total. The molecule has 0 atom stereocenters. The highest BCUT2D eigenvalue weighted by Crippen LogP contribution is 2.24. The smallest absolute Gasteiger partial charge is 0.225 e. The van der Waals surface area contributed by atoms with Crippen LogP contribution < -0.4 is 10.6 Å². The number of aromatic nitrogens is 3. The fourth-order valence-electron chi connectivity index (χ4n) is 3.49. The van der Waals surface area contributed by atoms with Crippen LogP contribution in [0.15, 0.2) is 54.9 Å². The molecule has 6 heteroatoms. The van der Waals surface area contributed by atoms with Crippen molar-refractivity contribution >= 4 is 11.8 Å². The number of benzene rings is 1. The summed E-state index contributed by atoms with van der Waals surface area (Å²) in [6.07, 6.45) is 9.65. The molecule has 1 saturated carbocycles. The number of nitrogens with one attached hydrogen (secondary N) is 2. The largest absolute Gasteiger partial charge is 0.366 e. The average Bonchev–Trinajstić information content (AvgIpc) is 2.75. The van der Waals surface area contributed by atoms with E-state index in [1.165, 1.54) is 31.4 Å². The molecule has 28 heavy (non-hydrogen) atoms. The standard InChI is InChI=1S/C22H24FN5/c23-18-10-8-16(9-11-18)14-25-21-13-20(17-5-4-12-24-15-17)27-22(28-21)26-19-6-2-1-3-7-19/h4-5,8-13,15,19H,1-3,6-7,14H2,(H2,25,26,27,28). The minimum absolute atomic E-state index is 0.233. The van der Waals surface area contributed by atoms with Gasteiger partial charge in [-0.2, -0.15) is 4.98 Å². The first-order valence-electron chi connectivity index (χ1n) is 9.80. The van der Waals surface area contributed by atoms with Crippen molar-refractivity contribution in [3.63, 3.8) is 0 Å². The van der Waals surface area contributed by atoms with Crippen LogP contribution >= 0.6 is 0 Å². The highest BCUT2D eigenvalue weighted by Gasteiger charge is 2.15. The first-order chi connectivity index (χ1) is 13.8. The quantitative estimate of drug-likeness (QED) is 0.630. The maximum atomic E-state index is 13.1. The Balaban J connectivity index is 1.56. The second-order valence-corrected chi connectivity index (χ2v) is 7.16. The summed E-state index contributed by atoms with van der Waals surface area (Å²) < 4.78 is 13.1. The van der Waals surface area contributed by atoms with Crippen LogP contribution in [0, 0.1) is 5.82 Å². The minimum Gasteiger partial charge on any atom is -0.366 e. The van der Waals surface area contributed by atoms with Crippen molar-refractivity contribution in [2.75, 3.05) is 10.6 Å². The molecular formula is C22H24FN5. The molecule has 2 N–H and O–H groups in total. The van der Waals surface area contributed by atoms with Crippen molar-refractivity contribution in [3.8, 4) is 11.3 Å². The molecular weight excluding hydrogens is 353 g/mol. The normalized spacial score (nSPS) is 14.6. The first kappa shape index (κ1) is 18.3. The van der Waals surface area contributed by atoms with E-state index in [1.54, 1.807) is 24.5 Å². The number of nitrogens with zero attached hydrogens (tertiary/aromatic N) is 3. The number of hydrogen-bond donors (Lipinski definition) is 2. The topological polar surface area (TPSA) is 62.7 Å². The molecule has 1 aliphatic rings. The lowest BCUT2D eigenvalue weighted by atomic mass is 9.96. The molecule has 0 spiro atoms. The van der Waals surface area contributed by atoms with E-state index in [-0.39, 0.29) is 5.82 Å². The van der Waals surface area contributed by atoms with Gasteiger partial charge in [0.2, 0.25) is 5.95 Å². The molecule has 144 valence electrons. The molecule has 1 fully saturated rings. The predicted octanol–water partition coefficient (Wildman–Crippen LogP) is 5.03. The Hall–Kier alpha value is -3.02. The molecule has 2 heterocycles. The number of anilines is 2. The number of hydrogen-bond acceptors (Lipinski definition) is 5. The first-order valence-corrected chi connectivity index (χ1v) is 9.80. The van der Waals surface area contributed by atoms with E-state index in [4.69, 9.17) is 4.98 Å². The third kappa shape index (κ3) is 4.82. The van der Waals surface area contributed by atoms with Gasteiger partial charge in [-0.05, 0) is 42.7 Å². The summed E-state index contributed by atoms with van der Waals surface area (Å²) in [5.41, 5.74) is 2.76. The van der Waals surface area contributed by atoms with Gasteiger partial charge < -0.3 is 10.6 Å². The van der Waals surface area contributed by atoms with Gasteiger partial charge in [-0.1, -0.05) is 31.4 Å². The maximum Gasteiger partial charge on any atom is 0.225 e. The monoisotopic (exact) mass is 377 g/mol. The predicted molar refractivity (Wildman–Crippen MR) is 109 cm³/mol. The summed E-state index contributed by atoms with van der Waals surface area (Å²) >= 11 is 0. The van der Waals surface area contributed by atoms with Crippen molar-refractivity contribution < 1.29 is 4.39 Å². The fourth-order valence-corrected chi connectivity index (χ4v) is 3.49. The van der Waals surface area contributed by atoms with Crippen LogP contribution in [0.1, 0.15) is 37.7 Å². The Labute approximate surface area is 164 Å². The molecule has 1 aromatic carbocycles. The molecule has 0 unspecified atom stereocenters. The zero-order chi connectivity index (χ0) is 19.2. The molecule has 4 rings (SSSR count).